The Morgan fingerprint density at radius 3 is 2.80 bits per heavy atom. The van der Waals surface area contributed by atoms with Crippen LogP contribution in [-0.4, -0.2) is 32.7 Å². The Morgan fingerprint density at radius 1 is 1.45 bits per heavy atom. The Bertz CT molecular complexity index is 394. The van der Waals surface area contributed by atoms with E-state index in [1.807, 2.05) is 30.3 Å². The number of hydrogen-bond acceptors (Lipinski definition) is 3. The molecule has 2 atom stereocenters. The first kappa shape index (κ1) is 17.0. The highest BCUT2D eigenvalue weighted by atomic mass is 35.5. The lowest BCUT2D eigenvalue weighted by Gasteiger charge is -2.16. The SMILES string of the molecule is COC(C(=O)NCCC1CCNC1)c1ccccc1.Cl. The van der Waals surface area contributed by atoms with Gasteiger partial charge in [-0.2, -0.15) is 0 Å². The predicted octanol–water partition coefficient (Wildman–Crippen LogP) is 1.91. The van der Waals surface area contributed by atoms with Crippen LogP contribution in [0.2, 0.25) is 0 Å². The number of benzene rings is 1. The van der Waals surface area contributed by atoms with Crippen molar-refractivity contribution >= 4 is 18.3 Å². The molecule has 0 bridgehead atoms. The van der Waals surface area contributed by atoms with Gasteiger partial charge < -0.3 is 15.4 Å². The number of carbonyl (C=O) groups is 1. The highest BCUT2D eigenvalue weighted by molar-refractivity contribution is 5.85. The number of amides is 1. The van der Waals surface area contributed by atoms with E-state index in [0.29, 0.717) is 5.92 Å². The Labute approximate surface area is 126 Å². The first-order valence-corrected chi connectivity index (χ1v) is 6.87. The van der Waals surface area contributed by atoms with Crippen LogP contribution in [0.3, 0.4) is 0 Å². The summed E-state index contributed by atoms with van der Waals surface area (Å²) in [6, 6.07) is 9.59. The van der Waals surface area contributed by atoms with E-state index < -0.39 is 6.10 Å². The number of carbonyl (C=O) groups excluding carboxylic acids is 1. The van der Waals surface area contributed by atoms with Gasteiger partial charge in [0.2, 0.25) is 0 Å². The van der Waals surface area contributed by atoms with E-state index in [9.17, 15) is 4.79 Å². The number of halogens is 1. The summed E-state index contributed by atoms with van der Waals surface area (Å²) >= 11 is 0. The minimum Gasteiger partial charge on any atom is -0.367 e. The van der Waals surface area contributed by atoms with Crippen molar-refractivity contribution in [2.24, 2.45) is 5.92 Å². The van der Waals surface area contributed by atoms with Crippen LogP contribution in [0.1, 0.15) is 24.5 Å². The zero-order valence-corrected chi connectivity index (χ0v) is 12.6. The fraction of sp³-hybridized carbons (Fsp3) is 0.533. The van der Waals surface area contributed by atoms with E-state index in [1.54, 1.807) is 7.11 Å². The zero-order valence-electron chi connectivity index (χ0n) is 11.8. The van der Waals surface area contributed by atoms with Gasteiger partial charge in [0.1, 0.15) is 0 Å². The lowest BCUT2D eigenvalue weighted by atomic mass is 10.0. The minimum absolute atomic E-state index is 0. The molecule has 2 unspecified atom stereocenters. The molecule has 2 N–H and O–H groups in total. The molecule has 1 aromatic rings. The minimum atomic E-state index is -0.511. The van der Waals surface area contributed by atoms with Crippen LogP contribution in [0.5, 0.6) is 0 Å². The molecule has 0 radical (unpaired) electrons. The first-order chi connectivity index (χ1) is 9.31. The van der Waals surface area contributed by atoms with Crippen LogP contribution < -0.4 is 10.6 Å². The van der Waals surface area contributed by atoms with E-state index in [1.165, 1.54) is 6.42 Å². The van der Waals surface area contributed by atoms with E-state index in [0.717, 1.165) is 31.6 Å². The molecular formula is C15H23ClN2O2. The summed E-state index contributed by atoms with van der Waals surface area (Å²) in [6.07, 6.45) is 1.73. The summed E-state index contributed by atoms with van der Waals surface area (Å²) in [4.78, 5) is 12.1. The molecule has 1 aliphatic rings. The van der Waals surface area contributed by atoms with Crippen molar-refractivity contribution in [1.82, 2.24) is 10.6 Å². The number of hydrogen-bond donors (Lipinski definition) is 2. The number of methoxy groups -OCH3 is 1. The number of rotatable bonds is 6. The van der Waals surface area contributed by atoms with Gasteiger partial charge in [-0.05, 0) is 37.4 Å². The summed E-state index contributed by atoms with van der Waals surface area (Å²) in [6.45, 7) is 2.89. The van der Waals surface area contributed by atoms with Crippen LogP contribution in [0.4, 0.5) is 0 Å². The second-order valence-electron chi connectivity index (χ2n) is 4.96. The fourth-order valence-electron chi connectivity index (χ4n) is 2.48. The maximum absolute atomic E-state index is 12.1. The molecule has 0 aromatic heterocycles. The molecule has 1 aromatic carbocycles. The van der Waals surface area contributed by atoms with Gasteiger partial charge in [-0.3, -0.25) is 4.79 Å². The van der Waals surface area contributed by atoms with Crippen molar-refractivity contribution in [3.05, 3.63) is 35.9 Å². The largest absolute Gasteiger partial charge is 0.367 e. The fourth-order valence-corrected chi connectivity index (χ4v) is 2.48. The number of ether oxygens (including phenoxy) is 1. The lowest BCUT2D eigenvalue weighted by molar-refractivity contribution is -0.131. The highest BCUT2D eigenvalue weighted by Gasteiger charge is 2.20. The molecule has 2 rings (SSSR count). The van der Waals surface area contributed by atoms with Gasteiger partial charge in [-0.15, -0.1) is 12.4 Å². The Hall–Kier alpha value is -1.10. The van der Waals surface area contributed by atoms with E-state index in [2.05, 4.69) is 10.6 Å². The molecule has 112 valence electrons. The molecule has 0 spiro atoms. The first-order valence-electron chi connectivity index (χ1n) is 6.87. The Balaban J connectivity index is 0.00000200. The quantitative estimate of drug-likeness (QED) is 0.843. The second-order valence-corrected chi connectivity index (χ2v) is 4.96. The average molecular weight is 299 g/mol. The third-order valence-electron chi connectivity index (χ3n) is 3.59. The molecule has 0 saturated carbocycles. The molecule has 1 amide bonds. The topological polar surface area (TPSA) is 50.4 Å². The summed E-state index contributed by atoms with van der Waals surface area (Å²) in [5.41, 5.74) is 0.894. The van der Waals surface area contributed by atoms with Crippen molar-refractivity contribution in [2.75, 3.05) is 26.7 Å². The summed E-state index contributed by atoms with van der Waals surface area (Å²) in [5, 5.41) is 6.30. The van der Waals surface area contributed by atoms with Gasteiger partial charge in [0.05, 0.1) is 0 Å². The monoisotopic (exact) mass is 298 g/mol. The van der Waals surface area contributed by atoms with Crippen molar-refractivity contribution in [2.45, 2.75) is 18.9 Å². The standard InChI is InChI=1S/C15H22N2O2.ClH/c1-19-14(13-5-3-2-4-6-13)15(18)17-10-8-12-7-9-16-11-12;/h2-6,12,14,16H,7-11H2,1H3,(H,17,18);1H. The molecular weight excluding hydrogens is 276 g/mol. The van der Waals surface area contributed by atoms with E-state index in [-0.39, 0.29) is 18.3 Å². The third kappa shape index (κ3) is 4.78. The summed E-state index contributed by atoms with van der Waals surface area (Å²) in [7, 11) is 1.57. The van der Waals surface area contributed by atoms with Crippen molar-refractivity contribution in [3.8, 4) is 0 Å². The summed E-state index contributed by atoms with van der Waals surface area (Å²) < 4.78 is 5.30. The zero-order chi connectivity index (χ0) is 13.5. The van der Waals surface area contributed by atoms with Gasteiger partial charge in [0.25, 0.3) is 5.91 Å². The molecule has 1 heterocycles. The van der Waals surface area contributed by atoms with Crippen LogP contribution >= 0.6 is 12.4 Å². The van der Waals surface area contributed by atoms with Crippen LogP contribution in [0.25, 0.3) is 0 Å². The Kier molecular flexibility index (Phi) is 7.59. The second kappa shape index (κ2) is 8.95. The molecule has 1 saturated heterocycles. The Morgan fingerprint density at radius 2 is 2.20 bits per heavy atom. The van der Waals surface area contributed by atoms with E-state index in [4.69, 9.17) is 4.74 Å². The third-order valence-corrected chi connectivity index (χ3v) is 3.59. The predicted molar refractivity (Wildman–Crippen MR) is 82.0 cm³/mol. The molecule has 5 heteroatoms. The van der Waals surface area contributed by atoms with Gasteiger partial charge in [-0.25, -0.2) is 0 Å². The number of nitrogens with one attached hydrogen (secondary N) is 2. The normalized spacial score (nSPS) is 19.1. The lowest BCUT2D eigenvalue weighted by Crippen LogP contribution is -2.32. The molecule has 0 aliphatic carbocycles. The van der Waals surface area contributed by atoms with Crippen molar-refractivity contribution < 1.29 is 9.53 Å². The highest BCUT2D eigenvalue weighted by Crippen LogP contribution is 2.16. The van der Waals surface area contributed by atoms with E-state index >= 15 is 0 Å². The van der Waals surface area contributed by atoms with Crippen molar-refractivity contribution in [1.29, 1.82) is 0 Å². The van der Waals surface area contributed by atoms with Crippen molar-refractivity contribution in [3.63, 3.8) is 0 Å². The maximum atomic E-state index is 12.1. The summed E-state index contributed by atoms with van der Waals surface area (Å²) in [5.74, 6) is 0.637. The van der Waals surface area contributed by atoms with Gasteiger partial charge in [0, 0.05) is 13.7 Å². The molecule has 1 aliphatic heterocycles. The van der Waals surface area contributed by atoms with Gasteiger partial charge in [-0.1, -0.05) is 30.3 Å². The molecule has 4 nitrogen and oxygen atoms in total. The average Bonchev–Trinajstić information content (AvgIpc) is 2.94. The van der Waals surface area contributed by atoms with Crippen LogP contribution in [0, 0.1) is 5.92 Å². The molecule has 20 heavy (non-hydrogen) atoms. The molecule has 1 fully saturated rings. The van der Waals surface area contributed by atoms with Crippen LogP contribution in [0.15, 0.2) is 30.3 Å². The smallest absolute Gasteiger partial charge is 0.253 e. The van der Waals surface area contributed by atoms with Gasteiger partial charge in [0.15, 0.2) is 6.10 Å². The van der Waals surface area contributed by atoms with Gasteiger partial charge >= 0.3 is 0 Å². The van der Waals surface area contributed by atoms with Crippen LogP contribution in [-0.2, 0) is 9.53 Å². The maximum Gasteiger partial charge on any atom is 0.253 e.